The highest BCUT2D eigenvalue weighted by molar-refractivity contribution is 5.84. The van der Waals surface area contributed by atoms with Crippen LogP contribution in [-0.4, -0.2) is 16.1 Å². The summed E-state index contributed by atoms with van der Waals surface area (Å²) in [5.41, 5.74) is 3.04. The smallest absolute Gasteiger partial charge is 0.229 e. The van der Waals surface area contributed by atoms with Crippen LogP contribution in [0.2, 0.25) is 0 Å². The molecule has 5 heteroatoms. The van der Waals surface area contributed by atoms with Gasteiger partial charge in [0.25, 0.3) is 0 Å². The van der Waals surface area contributed by atoms with Crippen LogP contribution in [0.5, 0.6) is 0 Å². The van der Waals surface area contributed by atoms with Crippen LogP contribution < -0.4 is 5.32 Å². The molecule has 0 spiro atoms. The van der Waals surface area contributed by atoms with E-state index in [0.29, 0.717) is 11.5 Å². The van der Waals surface area contributed by atoms with Gasteiger partial charge in [-0.15, -0.1) is 0 Å². The van der Waals surface area contributed by atoms with Crippen LogP contribution in [0.15, 0.2) is 30.5 Å². The third-order valence-electron chi connectivity index (χ3n) is 4.77. The Kier molecular flexibility index (Phi) is 4.15. The van der Waals surface area contributed by atoms with Crippen molar-refractivity contribution in [3.63, 3.8) is 0 Å². The van der Waals surface area contributed by atoms with Crippen molar-refractivity contribution in [3.05, 3.63) is 52.8 Å². The van der Waals surface area contributed by atoms with Crippen molar-refractivity contribution in [1.82, 2.24) is 15.5 Å². The fraction of sp³-hybridized carbons (Fsp3) is 0.421. The lowest BCUT2D eigenvalue weighted by atomic mass is 9.80. The van der Waals surface area contributed by atoms with Crippen LogP contribution in [0.25, 0.3) is 0 Å². The summed E-state index contributed by atoms with van der Waals surface area (Å²) >= 11 is 0. The van der Waals surface area contributed by atoms with Gasteiger partial charge in [0.15, 0.2) is 0 Å². The summed E-state index contributed by atoms with van der Waals surface area (Å²) < 4.78 is 0. The van der Waals surface area contributed by atoms with Crippen LogP contribution in [-0.2, 0) is 16.8 Å². The third-order valence-corrected chi connectivity index (χ3v) is 4.77. The first kappa shape index (κ1) is 16.3. The van der Waals surface area contributed by atoms with E-state index >= 15 is 0 Å². The summed E-state index contributed by atoms with van der Waals surface area (Å²) in [6.45, 7) is 6.08. The molecule has 24 heavy (non-hydrogen) atoms. The molecule has 0 saturated heterocycles. The number of hydrogen-bond donors (Lipinski definition) is 2. The summed E-state index contributed by atoms with van der Waals surface area (Å²) in [5.74, 6) is 0.250. The maximum Gasteiger partial charge on any atom is 0.229 e. The summed E-state index contributed by atoms with van der Waals surface area (Å²) in [6, 6.07) is 9.52. The molecule has 0 bridgehead atoms. The highest BCUT2D eigenvalue weighted by Gasteiger charge is 2.34. The quantitative estimate of drug-likeness (QED) is 0.911. The molecule has 1 aromatic heterocycles. The van der Waals surface area contributed by atoms with Gasteiger partial charge in [-0.3, -0.25) is 9.89 Å². The lowest BCUT2D eigenvalue weighted by Crippen LogP contribution is -2.44. The molecule has 3 rings (SSSR count). The molecule has 124 valence electrons. The first-order valence-corrected chi connectivity index (χ1v) is 8.25. The van der Waals surface area contributed by atoms with Gasteiger partial charge >= 0.3 is 0 Å². The van der Waals surface area contributed by atoms with Crippen molar-refractivity contribution in [2.75, 3.05) is 0 Å². The molecule has 2 unspecified atom stereocenters. The van der Waals surface area contributed by atoms with E-state index in [9.17, 15) is 4.79 Å². The predicted octanol–water partition coefficient (Wildman–Crippen LogP) is 3.00. The fourth-order valence-electron chi connectivity index (χ4n) is 3.45. The van der Waals surface area contributed by atoms with Gasteiger partial charge in [0.2, 0.25) is 5.91 Å². The van der Waals surface area contributed by atoms with Crippen LogP contribution >= 0.6 is 0 Å². The van der Waals surface area contributed by atoms with E-state index in [-0.39, 0.29) is 11.8 Å². The number of hydrogen-bond acceptors (Lipinski definition) is 3. The normalized spacial score (nSPS) is 20.1. The van der Waals surface area contributed by atoms with Gasteiger partial charge in [0.1, 0.15) is 0 Å². The Hall–Kier alpha value is -2.61. The number of aromatic nitrogens is 2. The number of nitrogens with zero attached hydrogens (tertiary/aromatic N) is 2. The second kappa shape index (κ2) is 6.12. The Morgan fingerprint density at radius 2 is 2.25 bits per heavy atom. The topological polar surface area (TPSA) is 81.6 Å². The summed E-state index contributed by atoms with van der Waals surface area (Å²) in [4.78, 5) is 12.9. The largest absolute Gasteiger partial charge is 0.347 e. The average molecular weight is 322 g/mol. The number of rotatable bonds is 3. The molecule has 1 aromatic carbocycles. The molecule has 2 aromatic rings. The van der Waals surface area contributed by atoms with E-state index in [4.69, 9.17) is 5.26 Å². The van der Waals surface area contributed by atoms with E-state index in [1.807, 2.05) is 38.2 Å². The molecule has 1 aliphatic carbocycles. The number of nitrogens with one attached hydrogen (secondary N) is 2. The molecular formula is C19H22N4O. The van der Waals surface area contributed by atoms with Gasteiger partial charge in [-0.25, -0.2) is 0 Å². The average Bonchev–Trinajstić information content (AvgIpc) is 3.01. The number of nitriles is 1. The second-order valence-electron chi connectivity index (χ2n) is 7.21. The number of benzene rings is 1. The zero-order valence-electron chi connectivity index (χ0n) is 14.3. The lowest BCUT2D eigenvalue weighted by Gasteiger charge is -2.32. The van der Waals surface area contributed by atoms with Crippen LogP contribution in [0, 0.1) is 17.2 Å². The van der Waals surface area contributed by atoms with Gasteiger partial charge in [-0.2, -0.15) is 10.4 Å². The molecule has 1 aliphatic rings. The molecule has 1 heterocycles. The fourth-order valence-corrected chi connectivity index (χ4v) is 3.45. The molecule has 0 fully saturated rings. The molecular weight excluding hydrogens is 300 g/mol. The summed E-state index contributed by atoms with van der Waals surface area (Å²) in [7, 11) is 0. The number of H-pyrrole nitrogens is 1. The number of fused-ring (bicyclic) bond motifs is 1. The van der Waals surface area contributed by atoms with Gasteiger partial charge < -0.3 is 5.32 Å². The van der Waals surface area contributed by atoms with Crippen LogP contribution in [0.1, 0.15) is 55.5 Å². The van der Waals surface area contributed by atoms with E-state index in [0.717, 1.165) is 29.7 Å². The second-order valence-corrected chi connectivity index (χ2v) is 7.21. The monoisotopic (exact) mass is 322 g/mol. The Balaban J connectivity index is 1.83. The van der Waals surface area contributed by atoms with E-state index in [2.05, 4.69) is 28.5 Å². The van der Waals surface area contributed by atoms with Crippen molar-refractivity contribution >= 4 is 5.91 Å². The minimum Gasteiger partial charge on any atom is -0.347 e. The Morgan fingerprint density at radius 1 is 1.46 bits per heavy atom. The minimum atomic E-state index is -0.551. The van der Waals surface area contributed by atoms with Crippen molar-refractivity contribution < 1.29 is 4.79 Å². The van der Waals surface area contributed by atoms with Crippen LogP contribution in [0.4, 0.5) is 0 Å². The van der Waals surface area contributed by atoms with E-state index < -0.39 is 5.54 Å². The Bertz CT molecular complexity index is 800. The van der Waals surface area contributed by atoms with Crippen molar-refractivity contribution in [2.45, 2.75) is 45.1 Å². The first-order valence-electron chi connectivity index (χ1n) is 8.25. The highest BCUT2D eigenvalue weighted by atomic mass is 16.2. The zero-order valence-corrected chi connectivity index (χ0v) is 14.3. The van der Waals surface area contributed by atoms with Gasteiger partial charge in [0, 0.05) is 0 Å². The number of carbonyl (C=O) groups excluding carboxylic acids is 1. The molecule has 2 N–H and O–H groups in total. The zero-order chi connectivity index (χ0) is 17.3. The van der Waals surface area contributed by atoms with E-state index in [1.54, 1.807) is 6.07 Å². The van der Waals surface area contributed by atoms with Crippen molar-refractivity contribution in [2.24, 2.45) is 5.92 Å². The minimum absolute atomic E-state index is 0.000546. The maximum atomic E-state index is 12.9. The molecule has 1 amide bonds. The standard InChI is InChI=1S/C19H22N4O/c1-12-7-14-11-21-23-17(14)16(8-12)18(24)22-19(2,3)15-6-4-5-13(9-15)10-20/h4-6,9,11-12,16H,7-8H2,1-3H3,(H,21,23)(H,22,24). The van der Waals surface area contributed by atoms with Gasteiger partial charge in [-0.05, 0) is 55.9 Å². The molecule has 0 radical (unpaired) electrons. The number of carbonyl (C=O) groups is 1. The third kappa shape index (κ3) is 3.05. The highest BCUT2D eigenvalue weighted by Crippen LogP contribution is 2.34. The maximum absolute atomic E-state index is 12.9. The number of aromatic amines is 1. The first-order chi connectivity index (χ1) is 11.4. The number of amides is 1. The lowest BCUT2D eigenvalue weighted by molar-refractivity contribution is -0.125. The molecule has 0 aliphatic heterocycles. The molecule has 2 atom stereocenters. The van der Waals surface area contributed by atoms with E-state index in [1.165, 1.54) is 0 Å². The van der Waals surface area contributed by atoms with Crippen molar-refractivity contribution in [1.29, 1.82) is 5.26 Å². The predicted molar refractivity (Wildman–Crippen MR) is 91.1 cm³/mol. The Labute approximate surface area is 142 Å². The molecule has 5 nitrogen and oxygen atoms in total. The van der Waals surface area contributed by atoms with Gasteiger partial charge in [-0.1, -0.05) is 19.1 Å². The summed E-state index contributed by atoms with van der Waals surface area (Å²) in [5, 5.41) is 19.3. The van der Waals surface area contributed by atoms with Gasteiger partial charge in [0.05, 0.1) is 35.0 Å². The Morgan fingerprint density at radius 3 is 3.00 bits per heavy atom. The summed E-state index contributed by atoms with van der Waals surface area (Å²) in [6.07, 6.45) is 3.60. The molecule has 0 saturated carbocycles. The van der Waals surface area contributed by atoms with Crippen LogP contribution in [0.3, 0.4) is 0 Å². The van der Waals surface area contributed by atoms with Crippen molar-refractivity contribution in [3.8, 4) is 6.07 Å². The SMILES string of the molecule is CC1Cc2cn[nH]c2C(C(=O)NC(C)(C)c2cccc(C#N)c2)C1.